The summed E-state index contributed by atoms with van der Waals surface area (Å²) in [5.41, 5.74) is -0.00460. The lowest BCUT2D eigenvalue weighted by molar-refractivity contribution is -0.132. The number of benzene rings is 2. The molecule has 1 aromatic heterocycles. The van der Waals surface area contributed by atoms with Crippen molar-refractivity contribution in [3.05, 3.63) is 56.7 Å². The van der Waals surface area contributed by atoms with Gasteiger partial charge in [0.1, 0.15) is 21.2 Å². The molecule has 0 aliphatic carbocycles. The van der Waals surface area contributed by atoms with E-state index >= 15 is 0 Å². The molecule has 6 nitrogen and oxygen atoms in total. The van der Waals surface area contributed by atoms with Crippen LogP contribution >= 0.6 is 23.2 Å². The van der Waals surface area contributed by atoms with Gasteiger partial charge < -0.3 is 13.9 Å². The van der Waals surface area contributed by atoms with E-state index in [1.54, 1.807) is 24.3 Å². The lowest BCUT2D eigenvalue weighted by atomic mass is 10.1. The molecule has 138 valence electrons. The Kier molecular flexibility index (Phi) is 5.21. The zero-order chi connectivity index (χ0) is 19.7. The highest BCUT2D eigenvalue weighted by Crippen LogP contribution is 2.46. The number of halogens is 2. The van der Waals surface area contributed by atoms with Crippen molar-refractivity contribution >= 4 is 46.1 Å². The molecule has 0 radical (unpaired) electrons. The fraction of sp³-hybridized carbons (Fsp3) is 0.105. The Labute approximate surface area is 163 Å². The second-order valence-electron chi connectivity index (χ2n) is 5.52. The molecule has 0 saturated heterocycles. The van der Waals surface area contributed by atoms with Gasteiger partial charge in [-0.15, -0.1) is 0 Å². The SMILES string of the molecule is CC(=O)Oc1c(Cl)c(OC(C)=O)c2c(=O)cc(-c3ccccc3)oc2c1Cl. The number of rotatable bonds is 3. The fourth-order valence-electron chi connectivity index (χ4n) is 2.49. The summed E-state index contributed by atoms with van der Waals surface area (Å²) >= 11 is 12.5. The van der Waals surface area contributed by atoms with E-state index in [9.17, 15) is 14.4 Å². The van der Waals surface area contributed by atoms with E-state index in [-0.39, 0.29) is 38.3 Å². The summed E-state index contributed by atoms with van der Waals surface area (Å²) in [6.07, 6.45) is 0. The maximum Gasteiger partial charge on any atom is 0.308 e. The van der Waals surface area contributed by atoms with Gasteiger partial charge in [0, 0.05) is 25.5 Å². The molecule has 0 saturated carbocycles. The minimum Gasteiger partial charge on any atom is -0.454 e. The number of hydrogen-bond donors (Lipinski definition) is 0. The van der Waals surface area contributed by atoms with Crippen molar-refractivity contribution in [1.29, 1.82) is 0 Å². The summed E-state index contributed by atoms with van der Waals surface area (Å²) < 4.78 is 15.9. The summed E-state index contributed by atoms with van der Waals surface area (Å²) in [6.45, 7) is 2.29. The monoisotopic (exact) mass is 406 g/mol. The molecule has 0 bridgehead atoms. The van der Waals surface area contributed by atoms with Crippen molar-refractivity contribution in [3.63, 3.8) is 0 Å². The third kappa shape index (κ3) is 3.67. The van der Waals surface area contributed by atoms with Crippen LogP contribution in [0.2, 0.25) is 10.0 Å². The van der Waals surface area contributed by atoms with E-state index < -0.39 is 17.4 Å². The predicted octanol–water partition coefficient (Wildman–Crippen LogP) is 4.62. The van der Waals surface area contributed by atoms with Crippen LogP contribution in [0.4, 0.5) is 0 Å². The molecule has 1 heterocycles. The Morgan fingerprint density at radius 3 is 2.11 bits per heavy atom. The standard InChI is InChI=1S/C19H12Cl2O6/c1-9(22)25-17-14-12(24)8-13(11-6-4-3-5-7-11)27-18(14)16(21)19(15(17)20)26-10(2)23/h3-8H,1-2H3. The van der Waals surface area contributed by atoms with Crippen molar-refractivity contribution in [2.45, 2.75) is 13.8 Å². The van der Waals surface area contributed by atoms with E-state index in [2.05, 4.69) is 0 Å². The van der Waals surface area contributed by atoms with Gasteiger partial charge in [-0.25, -0.2) is 0 Å². The highest BCUT2D eigenvalue weighted by atomic mass is 35.5. The maximum absolute atomic E-state index is 12.7. The molecule has 0 amide bonds. The maximum atomic E-state index is 12.7. The molecule has 0 unspecified atom stereocenters. The van der Waals surface area contributed by atoms with E-state index in [0.717, 1.165) is 13.8 Å². The average molecular weight is 407 g/mol. The molecular formula is C19H12Cl2O6. The third-order valence-corrected chi connectivity index (χ3v) is 4.21. The second-order valence-corrected chi connectivity index (χ2v) is 6.27. The molecular weight excluding hydrogens is 395 g/mol. The number of carbonyl (C=O) groups is 2. The fourth-order valence-corrected chi connectivity index (χ4v) is 3.07. The van der Waals surface area contributed by atoms with E-state index in [1.807, 2.05) is 6.07 Å². The molecule has 0 fully saturated rings. The second kappa shape index (κ2) is 7.42. The number of esters is 2. The summed E-state index contributed by atoms with van der Waals surface area (Å²) in [7, 11) is 0. The number of ether oxygens (including phenoxy) is 2. The topological polar surface area (TPSA) is 82.8 Å². The highest BCUT2D eigenvalue weighted by molar-refractivity contribution is 6.42. The van der Waals surface area contributed by atoms with Crippen molar-refractivity contribution < 1.29 is 23.5 Å². The van der Waals surface area contributed by atoms with Crippen molar-refractivity contribution in [1.82, 2.24) is 0 Å². The van der Waals surface area contributed by atoms with E-state index in [1.165, 1.54) is 6.07 Å². The molecule has 3 rings (SSSR count). The van der Waals surface area contributed by atoms with Gasteiger partial charge in [0.2, 0.25) is 0 Å². The average Bonchev–Trinajstić information content (AvgIpc) is 2.62. The van der Waals surface area contributed by atoms with Gasteiger partial charge in [0.15, 0.2) is 22.5 Å². The molecule has 27 heavy (non-hydrogen) atoms. The number of fused-ring (bicyclic) bond motifs is 1. The summed E-state index contributed by atoms with van der Waals surface area (Å²) in [4.78, 5) is 35.6. The van der Waals surface area contributed by atoms with Gasteiger partial charge in [-0.3, -0.25) is 14.4 Å². The van der Waals surface area contributed by atoms with Gasteiger partial charge in [-0.1, -0.05) is 53.5 Å². The molecule has 0 N–H and O–H groups in total. The number of carbonyl (C=O) groups excluding carboxylic acids is 2. The highest BCUT2D eigenvalue weighted by Gasteiger charge is 2.26. The van der Waals surface area contributed by atoms with Crippen LogP contribution in [0.15, 0.2) is 45.6 Å². The van der Waals surface area contributed by atoms with Crippen LogP contribution < -0.4 is 14.9 Å². The van der Waals surface area contributed by atoms with Gasteiger partial charge in [-0.2, -0.15) is 0 Å². The smallest absolute Gasteiger partial charge is 0.308 e. The van der Waals surface area contributed by atoms with Gasteiger partial charge in [0.25, 0.3) is 0 Å². The Morgan fingerprint density at radius 1 is 0.926 bits per heavy atom. The van der Waals surface area contributed by atoms with Gasteiger partial charge in [0.05, 0.1) is 0 Å². The van der Waals surface area contributed by atoms with Crippen LogP contribution in [0.5, 0.6) is 11.5 Å². The summed E-state index contributed by atoms with van der Waals surface area (Å²) in [5.74, 6) is -1.73. The molecule has 0 aliphatic rings. The molecule has 0 atom stereocenters. The summed E-state index contributed by atoms with van der Waals surface area (Å²) in [6, 6.07) is 10.1. The van der Waals surface area contributed by atoms with E-state index in [0.29, 0.717) is 5.56 Å². The molecule has 8 heteroatoms. The van der Waals surface area contributed by atoms with Crippen molar-refractivity contribution in [2.24, 2.45) is 0 Å². The van der Waals surface area contributed by atoms with Crippen molar-refractivity contribution in [2.75, 3.05) is 0 Å². The Morgan fingerprint density at radius 2 is 1.52 bits per heavy atom. The van der Waals surface area contributed by atoms with Crippen LogP contribution in [-0.2, 0) is 9.59 Å². The Balaban J connectivity index is 2.41. The van der Waals surface area contributed by atoms with Crippen LogP contribution in [0, 0.1) is 0 Å². The first-order valence-electron chi connectivity index (χ1n) is 7.70. The largest absolute Gasteiger partial charge is 0.454 e. The Hall–Kier alpha value is -2.83. The molecule has 2 aromatic carbocycles. The van der Waals surface area contributed by atoms with Crippen LogP contribution in [-0.4, -0.2) is 11.9 Å². The van der Waals surface area contributed by atoms with Crippen molar-refractivity contribution in [3.8, 4) is 22.8 Å². The molecule has 0 spiro atoms. The first-order valence-corrected chi connectivity index (χ1v) is 8.46. The number of hydrogen-bond acceptors (Lipinski definition) is 6. The Bertz CT molecular complexity index is 1120. The summed E-state index contributed by atoms with van der Waals surface area (Å²) in [5, 5.41) is -0.593. The minimum absolute atomic E-state index is 0.111. The van der Waals surface area contributed by atoms with Crippen LogP contribution in [0.25, 0.3) is 22.3 Å². The molecule has 3 aromatic rings. The lowest BCUT2D eigenvalue weighted by Gasteiger charge is -2.14. The minimum atomic E-state index is -0.721. The zero-order valence-corrected chi connectivity index (χ0v) is 15.7. The van der Waals surface area contributed by atoms with Gasteiger partial charge in [-0.05, 0) is 0 Å². The van der Waals surface area contributed by atoms with Gasteiger partial charge >= 0.3 is 11.9 Å². The van der Waals surface area contributed by atoms with Crippen LogP contribution in [0.1, 0.15) is 13.8 Å². The first kappa shape index (κ1) is 18.9. The lowest BCUT2D eigenvalue weighted by Crippen LogP contribution is -2.10. The van der Waals surface area contributed by atoms with Crippen LogP contribution in [0.3, 0.4) is 0 Å². The quantitative estimate of drug-likeness (QED) is 0.466. The predicted molar refractivity (Wildman–Crippen MR) is 101 cm³/mol. The zero-order valence-electron chi connectivity index (χ0n) is 14.2. The molecule has 0 aliphatic heterocycles. The third-order valence-electron chi connectivity index (χ3n) is 3.52. The normalized spacial score (nSPS) is 10.7. The van der Waals surface area contributed by atoms with E-state index in [4.69, 9.17) is 37.1 Å². The first-order chi connectivity index (χ1) is 12.8.